The number of aryl methyl sites for hydroxylation is 1. The van der Waals surface area contributed by atoms with Crippen molar-refractivity contribution in [3.63, 3.8) is 0 Å². The molecule has 82 valence electrons. The molecule has 1 heterocycles. The van der Waals surface area contributed by atoms with Gasteiger partial charge in [-0.05, 0) is 41.5 Å². The fourth-order valence-electron chi connectivity index (χ4n) is 2.46. The quantitative estimate of drug-likeness (QED) is 0.765. The van der Waals surface area contributed by atoms with E-state index in [1.165, 1.54) is 29.5 Å². The molecule has 1 aromatic carbocycles. The van der Waals surface area contributed by atoms with E-state index in [-0.39, 0.29) is 0 Å². The fourth-order valence-corrected chi connectivity index (χ4v) is 2.46. The van der Waals surface area contributed by atoms with Crippen molar-refractivity contribution in [1.29, 1.82) is 0 Å². The minimum atomic E-state index is 0.545. The van der Waals surface area contributed by atoms with E-state index in [9.17, 15) is 0 Å². The number of nitrogen functional groups attached to an aromatic ring is 1. The lowest BCUT2D eigenvalue weighted by Gasteiger charge is -2.06. The van der Waals surface area contributed by atoms with Crippen LogP contribution in [0.5, 0.6) is 0 Å². The van der Waals surface area contributed by atoms with Crippen LogP contribution in [0, 0.1) is 0 Å². The van der Waals surface area contributed by atoms with Crippen molar-refractivity contribution in [2.45, 2.75) is 25.7 Å². The molecule has 0 spiro atoms. The third kappa shape index (κ3) is 1.40. The summed E-state index contributed by atoms with van der Waals surface area (Å²) in [4.78, 5) is 0. The monoisotopic (exact) mass is 213 g/mol. The summed E-state index contributed by atoms with van der Waals surface area (Å²) in [6.45, 7) is 2.29. The van der Waals surface area contributed by atoms with Gasteiger partial charge in [-0.1, -0.05) is 19.1 Å². The minimum absolute atomic E-state index is 0.545. The third-order valence-corrected chi connectivity index (χ3v) is 3.43. The Bertz CT molecular complexity index is 528. The van der Waals surface area contributed by atoms with Crippen LogP contribution in [-0.4, -0.2) is 10.2 Å². The highest BCUT2D eigenvalue weighted by Crippen LogP contribution is 2.35. The number of anilines is 1. The molecule has 0 bridgehead atoms. The number of rotatable bonds is 1. The molecular formula is C13H15N3. The van der Waals surface area contributed by atoms with E-state index in [1.807, 2.05) is 6.07 Å². The molecule has 16 heavy (non-hydrogen) atoms. The van der Waals surface area contributed by atoms with Gasteiger partial charge in [0.25, 0.3) is 0 Å². The van der Waals surface area contributed by atoms with Crippen LogP contribution < -0.4 is 5.73 Å². The molecule has 1 unspecified atom stereocenters. The molecule has 3 N–H and O–H groups in total. The Morgan fingerprint density at radius 3 is 3.00 bits per heavy atom. The van der Waals surface area contributed by atoms with Crippen LogP contribution in [0.25, 0.3) is 11.3 Å². The molecule has 3 nitrogen and oxygen atoms in total. The number of hydrogen-bond acceptors (Lipinski definition) is 2. The molecule has 2 aromatic rings. The Balaban J connectivity index is 2.07. The molecule has 0 saturated carbocycles. The standard InChI is InChI=1S/C13H15N3/c1-8-2-3-9-4-5-10(6-11(8)9)12-7-13(14)16-15-12/h4-8H,2-3H2,1H3,(H3,14,15,16). The van der Waals surface area contributed by atoms with Crippen LogP contribution in [0.3, 0.4) is 0 Å². The van der Waals surface area contributed by atoms with Crippen molar-refractivity contribution in [3.05, 3.63) is 35.4 Å². The Morgan fingerprint density at radius 1 is 1.38 bits per heavy atom. The van der Waals surface area contributed by atoms with E-state index in [0.717, 1.165) is 5.69 Å². The molecule has 0 fully saturated rings. The van der Waals surface area contributed by atoms with Gasteiger partial charge in [-0.15, -0.1) is 0 Å². The summed E-state index contributed by atoms with van der Waals surface area (Å²) < 4.78 is 0. The van der Waals surface area contributed by atoms with Gasteiger partial charge in [0.15, 0.2) is 0 Å². The Hall–Kier alpha value is -1.77. The lowest BCUT2D eigenvalue weighted by molar-refractivity contribution is 0.747. The molecule has 0 amide bonds. The molecule has 1 aliphatic rings. The maximum Gasteiger partial charge on any atom is 0.145 e. The molecule has 1 aromatic heterocycles. The summed E-state index contributed by atoms with van der Waals surface area (Å²) in [6, 6.07) is 8.51. The second-order valence-electron chi connectivity index (χ2n) is 4.56. The van der Waals surface area contributed by atoms with E-state index in [2.05, 4.69) is 35.3 Å². The van der Waals surface area contributed by atoms with Crippen molar-refractivity contribution in [2.75, 3.05) is 5.73 Å². The second-order valence-corrected chi connectivity index (χ2v) is 4.56. The SMILES string of the molecule is CC1CCc2ccc(-c3cc(N)n[nH]3)cc21. The molecular weight excluding hydrogens is 198 g/mol. The van der Waals surface area contributed by atoms with Crippen molar-refractivity contribution in [2.24, 2.45) is 0 Å². The van der Waals surface area contributed by atoms with Gasteiger partial charge in [-0.25, -0.2) is 0 Å². The zero-order chi connectivity index (χ0) is 11.1. The molecule has 3 rings (SSSR count). The van der Waals surface area contributed by atoms with Gasteiger partial charge in [0.05, 0.1) is 5.69 Å². The summed E-state index contributed by atoms with van der Waals surface area (Å²) >= 11 is 0. The third-order valence-electron chi connectivity index (χ3n) is 3.43. The summed E-state index contributed by atoms with van der Waals surface area (Å²) in [5, 5.41) is 6.91. The van der Waals surface area contributed by atoms with E-state index in [0.29, 0.717) is 11.7 Å². The van der Waals surface area contributed by atoms with Crippen LogP contribution in [0.15, 0.2) is 24.3 Å². The van der Waals surface area contributed by atoms with Crippen LogP contribution in [-0.2, 0) is 6.42 Å². The molecule has 0 aliphatic heterocycles. The van der Waals surface area contributed by atoms with Crippen molar-refractivity contribution in [1.82, 2.24) is 10.2 Å². The van der Waals surface area contributed by atoms with Gasteiger partial charge in [0.2, 0.25) is 0 Å². The maximum absolute atomic E-state index is 5.61. The average molecular weight is 213 g/mol. The van der Waals surface area contributed by atoms with E-state index < -0.39 is 0 Å². The number of fused-ring (bicyclic) bond motifs is 1. The summed E-state index contributed by atoms with van der Waals surface area (Å²) in [7, 11) is 0. The normalized spacial score (nSPS) is 18.7. The predicted octanol–water partition coefficient (Wildman–Crippen LogP) is 2.71. The van der Waals surface area contributed by atoms with Gasteiger partial charge < -0.3 is 5.73 Å². The molecule has 1 aliphatic carbocycles. The molecule has 0 radical (unpaired) electrons. The summed E-state index contributed by atoms with van der Waals surface area (Å²) in [5.74, 6) is 1.22. The number of aromatic nitrogens is 2. The van der Waals surface area contributed by atoms with Gasteiger partial charge in [0, 0.05) is 6.07 Å². The maximum atomic E-state index is 5.61. The van der Waals surface area contributed by atoms with Gasteiger partial charge in [-0.2, -0.15) is 5.10 Å². The number of H-pyrrole nitrogens is 1. The number of nitrogens with one attached hydrogen (secondary N) is 1. The number of aromatic amines is 1. The lowest BCUT2D eigenvalue weighted by atomic mass is 9.99. The van der Waals surface area contributed by atoms with Crippen LogP contribution in [0.1, 0.15) is 30.4 Å². The Morgan fingerprint density at radius 2 is 2.25 bits per heavy atom. The molecule has 0 saturated heterocycles. The second kappa shape index (κ2) is 3.37. The van der Waals surface area contributed by atoms with Crippen molar-refractivity contribution < 1.29 is 0 Å². The highest BCUT2D eigenvalue weighted by Gasteiger charge is 2.18. The molecule has 1 atom stereocenters. The van der Waals surface area contributed by atoms with Gasteiger partial charge in [0.1, 0.15) is 5.82 Å². The zero-order valence-corrected chi connectivity index (χ0v) is 9.33. The topological polar surface area (TPSA) is 54.7 Å². The first kappa shape index (κ1) is 9.46. The number of benzene rings is 1. The van der Waals surface area contributed by atoms with E-state index >= 15 is 0 Å². The Kier molecular flexibility index (Phi) is 1.99. The van der Waals surface area contributed by atoms with Crippen LogP contribution in [0.4, 0.5) is 5.82 Å². The van der Waals surface area contributed by atoms with Crippen molar-refractivity contribution >= 4 is 5.82 Å². The average Bonchev–Trinajstić information content (AvgIpc) is 2.86. The lowest BCUT2D eigenvalue weighted by Crippen LogP contribution is -1.88. The molecule has 3 heteroatoms. The smallest absolute Gasteiger partial charge is 0.145 e. The minimum Gasteiger partial charge on any atom is -0.382 e. The number of nitrogens with two attached hydrogens (primary N) is 1. The summed E-state index contributed by atoms with van der Waals surface area (Å²) in [5.41, 5.74) is 10.8. The van der Waals surface area contributed by atoms with E-state index in [4.69, 9.17) is 5.73 Å². The zero-order valence-electron chi connectivity index (χ0n) is 9.33. The van der Waals surface area contributed by atoms with Crippen LogP contribution >= 0.6 is 0 Å². The highest BCUT2D eigenvalue weighted by atomic mass is 15.2. The number of nitrogens with zero attached hydrogens (tertiary/aromatic N) is 1. The first-order chi connectivity index (χ1) is 7.74. The number of hydrogen-bond donors (Lipinski definition) is 2. The van der Waals surface area contributed by atoms with Crippen LogP contribution in [0.2, 0.25) is 0 Å². The first-order valence-corrected chi connectivity index (χ1v) is 5.68. The largest absolute Gasteiger partial charge is 0.382 e. The first-order valence-electron chi connectivity index (χ1n) is 5.68. The van der Waals surface area contributed by atoms with Gasteiger partial charge >= 0.3 is 0 Å². The van der Waals surface area contributed by atoms with Gasteiger partial charge in [-0.3, -0.25) is 5.10 Å². The highest BCUT2D eigenvalue weighted by molar-refractivity contribution is 5.64. The van der Waals surface area contributed by atoms with Crippen molar-refractivity contribution in [3.8, 4) is 11.3 Å². The van der Waals surface area contributed by atoms with E-state index in [1.54, 1.807) is 0 Å². The fraction of sp³-hybridized carbons (Fsp3) is 0.308. The Labute approximate surface area is 94.7 Å². The predicted molar refractivity (Wildman–Crippen MR) is 65.2 cm³/mol. The summed E-state index contributed by atoms with van der Waals surface area (Å²) in [6.07, 6.45) is 2.48.